The fourth-order valence-electron chi connectivity index (χ4n) is 3.21. The van der Waals surface area contributed by atoms with Crippen LogP contribution >= 0.6 is 0 Å². The summed E-state index contributed by atoms with van der Waals surface area (Å²) in [6, 6.07) is 21.1. The molecule has 2 amide bonds. The topological polar surface area (TPSA) is 94.4 Å². The van der Waals surface area contributed by atoms with Crippen LogP contribution in [0.1, 0.15) is 16.7 Å². The minimum absolute atomic E-state index is 0.135. The Bertz CT molecular complexity index is 1180. The van der Waals surface area contributed by atoms with E-state index in [0.717, 1.165) is 11.1 Å². The second-order valence-corrected chi connectivity index (χ2v) is 7.11. The van der Waals surface area contributed by atoms with Crippen molar-refractivity contribution in [3.8, 4) is 5.75 Å². The highest BCUT2D eigenvalue weighted by molar-refractivity contribution is 6.54. The summed E-state index contributed by atoms with van der Waals surface area (Å²) < 4.78 is 0. The van der Waals surface area contributed by atoms with Crippen molar-refractivity contribution in [2.45, 2.75) is 6.92 Å². The lowest BCUT2D eigenvalue weighted by molar-refractivity contribution is -0.118. The molecule has 0 aliphatic carbocycles. The van der Waals surface area contributed by atoms with Gasteiger partial charge in [0, 0.05) is 11.3 Å². The van der Waals surface area contributed by atoms with Crippen molar-refractivity contribution in [3.63, 3.8) is 0 Å². The fraction of sp³-hybridized carbons (Fsp3) is 0.0833. The van der Waals surface area contributed by atoms with Crippen molar-refractivity contribution < 1.29 is 14.7 Å². The van der Waals surface area contributed by atoms with E-state index in [1.54, 1.807) is 48.5 Å². The maximum Gasteiger partial charge on any atom is 0.279 e. The Morgan fingerprint density at radius 2 is 1.74 bits per heavy atom. The van der Waals surface area contributed by atoms with Crippen LogP contribution in [0, 0.1) is 6.92 Å². The first-order chi connectivity index (χ1) is 15.0. The third kappa shape index (κ3) is 4.51. The van der Waals surface area contributed by atoms with Gasteiger partial charge in [-0.1, -0.05) is 35.9 Å². The number of amides is 2. The number of para-hydroxylation sites is 1. The van der Waals surface area contributed by atoms with Gasteiger partial charge in [0.1, 0.15) is 12.3 Å². The Kier molecular flexibility index (Phi) is 5.57. The predicted octanol–water partition coefficient (Wildman–Crippen LogP) is 3.51. The molecule has 1 aliphatic rings. The van der Waals surface area contributed by atoms with E-state index < -0.39 is 0 Å². The number of phenols is 1. The van der Waals surface area contributed by atoms with E-state index >= 15 is 0 Å². The lowest BCUT2D eigenvalue weighted by Gasteiger charge is -2.16. The second kappa shape index (κ2) is 8.62. The molecular formula is C24H20N4O3. The van der Waals surface area contributed by atoms with Gasteiger partial charge in [0.25, 0.3) is 5.91 Å². The SMILES string of the molecule is Cc1ccc(NC(=O)CN2C(=O)C(=NN=Cc3ccc(O)cc3)c3ccccc32)cc1. The van der Waals surface area contributed by atoms with Gasteiger partial charge < -0.3 is 10.4 Å². The van der Waals surface area contributed by atoms with Crippen LogP contribution < -0.4 is 10.2 Å². The number of aromatic hydroxyl groups is 1. The largest absolute Gasteiger partial charge is 0.508 e. The summed E-state index contributed by atoms with van der Waals surface area (Å²) in [7, 11) is 0. The monoisotopic (exact) mass is 412 g/mol. The van der Waals surface area contributed by atoms with Crippen molar-refractivity contribution in [3.05, 3.63) is 89.5 Å². The highest BCUT2D eigenvalue weighted by Crippen LogP contribution is 2.29. The maximum atomic E-state index is 13.0. The fourth-order valence-corrected chi connectivity index (χ4v) is 3.21. The summed E-state index contributed by atoms with van der Waals surface area (Å²) in [6.45, 7) is 1.83. The van der Waals surface area contributed by atoms with Crippen LogP contribution in [0.25, 0.3) is 0 Å². The number of rotatable bonds is 5. The number of hydrogen-bond acceptors (Lipinski definition) is 5. The molecule has 0 radical (unpaired) electrons. The minimum Gasteiger partial charge on any atom is -0.508 e. The normalized spacial score (nSPS) is 14.3. The van der Waals surface area contributed by atoms with Crippen LogP contribution in [-0.2, 0) is 9.59 Å². The van der Waals surface area contributed by atoms with Crippen molar-refractivity contribution in [1.29, 1.82) is 0 Å². The summed E-state index contributed by atoms with van der Waals surface area (Å²) in [5.74, 6) is -0.535. The van der Waals surface area contributed by atoms with Gasteiger partial charge in [-0.25, -0.2) is 0 Å². The van der Waals surface area contributed by atoms with Crippen molar-refractivity contribution in [2.75, 3.05) is 16.8 Å². The second-order valence-electron chi connectivity index (χ2n) is 7.11. The molecule has 0 saturated heterocycles. The molecule has 2 N–H and O–H groups in total. The maximum absolute atomic E-state index is 13.0. The molecule has 154 valence electrons. The Morgan fingerprint density at radius 3 is 2.48 bits per heavy atom. The number of fused-ring (bicyclic) bond motifs is 1. The van der Waals surface area contributed by atoms with Crippen LogP contribution in [0.2, 0.25) is 0 Å². The van der Waals surface area contributed by atoms with Gasteiger partial charge in [-0.3, -0.25) is 14.5 Å². The molecular weight excluding hydrogens is 392 g/mol. The van der Waals surface area contributed by atoms with E-state index in [1.165, 1.54) is 11.1 Å². The van der Waals surface area contributed by atoms with Crippen LogP contribution in [0.5, 0.6) is 5.75 Å². The van der Waals surface area contributed by atoms with E-state index in [9.17, 15) is 14.7 Å². The quantitative estimate of drug-likeness (QED) is 0.496. The Labute approximate surface area is 179 Å². The Morgan fingerprint density at radius 1 is 1.03 bits per heavy atom. The number of hydrogen-bond donors (Lipinski definition) is 2. The van der Waals surface area contributed by atoms with Gasteiger partial charge in [0.15, 0.2) is 5.71 Å². The molecule has 7 heteroatoms. The molecule has 0 bridgehead atoms. The number of nitrogens with zero attached hydrogens (tertiary/aromatic N) is 3. The van der Waals surface area contributed by atoms with Crippen molar-refractivity contribution in [1.82, 2.24) is 0 Å². The standard InChI is InChI=1S/C24H20N4O3/c1-16-6-10-18(11-7-16)26-22(30)15-28-21-5-3-2-4-20(21)23(24(28)31)27-25-14-17-8-12-19(29)13-9-17/h2-14,29H,15H2,1H3,(H,26,30). The summed E-state index contributed by atoms with van der Waals surface area (Å²) in [5.41, 5.74) is 3.91. The van der Waals surface area contributed by atoms with Crippen LogP contribution in [0.4, 0.5) is 11.4 Å². The van der Waals surface area contributed by atoms with Gasteiger partial charge in [0.05, 0.1) is 11.9 Å². The predicted molar refractivity (Wildman–Crippen MR) is 121 cm³/mol. The summed E-state index contributed by atoms with van der Waals surface area (Å²) >= 11 is 0. The minimum atomic E-state index is -0.386. The first-order valence-electron chi connectivity index (χ1n) is 9.69. The van der Waals surface area contributed by atoms with Crippen LogP contribution in [-0.4, -0.2) is 35.4 Å². The Hall–Kier alpha value is -4.26. The third-order valence-electron chi connectivity index (χ3n) is 4.79. The van der Waals surface area contributed by atoms with Crippen molar-refractivity contribution in [2.24, 2.45) is 10.2 Å². The van der Waals surface area contributed by atoms with E-state index in [4.69, 9.17) is 0 Å². The third-order valence-corrected chi connectivity index (χ3v) is 4.79. The van der Waals surface area contributed by atoms with Gasteiger partial charge >= 0.3 is 0 Å². The molecule has 1 aliphatic heterocycles. The highest BCUT2D eigenvalue weighted by Gasteiger charge is 2.35. The van der Waals surface area contributed by atoms with E-state index in [2.05, 4.69) is 15.5 Å². The molecule has 0 aromatic heterocycles. The molecule has 31 heavy (non-hydrogen) atoms. The zero-order valence-corrected chi connectivity index (χ0v) is 16.8. The number of benzene rings is 3. The first-order valence-corrected chi connectivity index (χ1v) is 9.69. The van der Waals surface area contributed by atoms with Gasteiger partial charge in [-0.05, 0) is 55.0 Å². The van der Waals surface area contributed by atoms with E-state index in [0.29, 0.717) is 16.9 Å². The molecule has 0 unspecified atom stereocenters. The lowest BCUT2D eigenvalue weighted by atomic mass is 10.1. The van der Waals surface area contributed by atoms with Gasteiger partial charge in [-0.15, -0.1) is 5.10 Å². The van der Waals surface area contributed by atoms with Crippen molar-refractivity contribution >= 4 is 35.1 Å². The summed E-state index contributed by atoms with van der Waals surface area (Å²) in [6.07, 6.45) is 1.50. The smallest absolute Gasteiger partial charge is 0.279 e. The summed E-state index contributed by atoms with van der Waals surface area (Å²) in [5, 5.41) is 20.3. The highest BCUT2D eigenvalue weighted by atomic mass is 16.3. The molecule has 1 heterocycles. The van der Waals surface area contributed by atoms with E-state index in [1.807, 2.05) is 31.2 Å². The summed E-state index contributed by atoms with van der Waals surface area (Å²) in [4.78, 5) is 26.9. The number of carbonyl (C=O) groups excluding carboxylic acids is 2. The van der Waals surface area contributed by atoms with Crippen LogP contribution in [0.15, 0.2) is 83.0 Å². The van der Waals surface area contributed by atoms with Gasteiger partial charge in [-0.2, -0.15) is 5.10 Å². The number of carbonyl (C=O) groups is 2. The zero-order chi connectivity index (χ0) is 21.8. The average molecular weight is 412 g/mol. The molecule has 0 saturated carbocycles. The average Bonchev–Trinajstić information content (AvgIpc) is 3.03. The number of anilines is 2. The first kappa shape index (κ1) is 20.0. The molecule has 0 spiro atoms. The molecule has 4 rings (SSSR count). The van der Waals surface area contributed by atoms with Crippen LogP contribution in [0.3, 0.4) is 0 Å². The molecule has 0 atom stereocenters. The lowest BCUT2D eigenvalue weighted by Crippen LogP contribution is -2.37. The van der Waals surface area contributed by atoms with E-state index in [-0.39, 0.29) is 29.8 Å². The van der Waals surface area contributed by atoms with Gasteiger partial charge in [0.2, 0.25) is 5.91 Å². The molecule has 3 aromatic rings. The zero-order valence-electron chi connectivity index (χ0n) is 16.8. The number of aryl methyl sites for hydroxylation is 1. The molecule has 7 nitrogen and oxygen atoms in total. The molecule has 0 fully saturated rings. The molecule has 3 aromatic carbocycles. The number of nitrogens with one attached hydrogen (secondary N) is 1. The number of phenolic OH excluding ortho intramolecular Hbond substituents is 1. The Balaban J connectivity index is 1.53.